The number of fused-ring (bicyclic) bond motifs is 6. The Balaban J connectivity index is 1.56. The van der Waals surface area contributed by atoms with Gasteiger partial charge in [-0.15, -0.1) is 11.3 Å². The van der Waals surface area contributed by atoms with Crippen LogP contribution in [-0.4, -0.2) is 29.6 Å². The van der Waals surface area contributed by atoms with E-state index in [1.54, 1.807) is 30.3 Å². The van der Waals surface area contributed by atoms with Crippen molar-refractivity contribution in [3.8, 4) is 0 Å². The summed E-state index contributed by atoms with van der Waals surface area (Å²) in [7, 11) is 0. The second kappa shape index (κ2) is 8.76. The molecular weight excluding hydrogens is 528 g/mol. The molecule has 1 spiro atoms. The van der Waals surface area contributed by atoms with Crippen LogP contribution >= 0.6 is 22.9 Å². The fraction of sp³-hybridized carbons (Fsp3) is 0.156. The molecule has 7 heteroatoms. The van der Waals surface area contributed by atoms with E-state index < -0.39 is 23.4 Å². The van der Waals surface area contributed by atoms with Crippen LogP contribution in [0.2, 0.25) is 5.02 Å². The van der Waals surface area contributed by atoms with E-state index in [2.05, 4.69) is 11.4 Å². The molecule has 0 radical (unpaired) electrons. The summed E-state index contributed by atoms with van der Waals surface area (Å²) in [6.45, 7) is 2.02. The lowest BCUT2D eigenvalue weighted by molar-refractivity contribution is -0.121. The zero-order valence-electron chi connectivity index (χ0n) is 20.9. The number of hydrogen-bond acceptors (Lipinski definition) is 5. The molecule has 4 heterocycles. The number of nitrogens with one attached hydrogen (secondary N) is 1. The maximum atomic E-state index is 14.7. The van der Waals surface area contributed by atoms with Crippen LogP contribution in [0.5, 0.6) is 0 Å². The largest absolute Gasteiger partial charge is 0.352 e. The van der Waals surface area contributed by atoms with E-state index in [4.69, 9.17) is 11.6 Å². The summed E-state index contributed by atoms with van der Waals surface area (Å²) in [5.74, 6) is -1.68. The lowest BCUT2D eigenvalue weighted by Crippen LogP contribution is -2.51. The van der Waals surface area contributed by atoms with E-state index in [0.29, 0.717) is 21.2 Å². The second-order valence-corrected chi connectivity index (χ2v) is 11.6. The van der Waals surface area contributed by atoms with Crippen molar-refractivity contribution in [1.29, 1.82) is 0 Å². The number of anilines is 2. The van der Waals surface area contributed by atoms with Crippen molar-refractivity contribution in [2.24, 2.45) is 5.92 Å². The van der Waals surface area contributed by atoms with Gasteiger partial charge in [-0.25, -0.2) is 0 Å². The van der Waals surface area contributed by atoms with Crippen molar-refractivity contribution in [2.75, 3.05) is 10.2 Å². The summed E-state index contributed by atoms with van der Waals surface area (Å²) in [4.78, 5) is 46.1. The normalized spacial score (nSPS) is 24.6. The highest BCUT2D eigenvalue weighted by atomic mass is 35.5. The molecule has 0 unspecified atom stereocenters. The number of rotatable bonds is 4. The Labute approximate surface area is 234 Å². The number of benzene rings is 3. The van der Waals surface area contributed by atoms with Crippen molar-refractivity contribution in [2.45, 2.75) is 24.4 Å². The number of thiophene rings is 1. The van der Waals surface area contributed by atoms with Gasteiger partial charge in [-0.3, -0.25) is 14.4 Å². The third-order valence-corrected chi connectivity index (χ3v) is 9.46. The van der Waals surface area contributed by atoms with Crippen LogP contribution in [0.4, 0.5) is 11.4 Å². The Morgan fingerprint density at radius 1 is 0.923 bits per heavy atom. The first-order valence-corrected chi connectivity index (χ1v) is 14.0. The van der Waals surface area contributed by atoms with Gasteiger partial charge in [0.2, 0.25) is 5.91 Å². The number of Topliss-reactive ketones (excluding diaryl/α,β-unsaturated/α-hetero) is 2. The minimum absolute atomic E-state index is 0.167. The molecule has 5 nitrogen and oxygen atoms in total. The van der Waals surface area contributed by atoms with E-state index >= 15 is 0 Å². The first-order valence-electron chi connectivity index (χ1n) is 12.8. The van der Waals surface area contributed by atoms with Gasteiger partial charge in [0.25, 0.3) is 0 Å². The summed E-state index contributed by atoms with van der Waals surface area (Å²) >= 11 is 7.51. The van der Waals surface area contributed by atoms with E-state index in [-0.39, 0.29) is 17.5 Å². The average Bonchev–Trinajstić information content (AvgIpc) is 3.66. The number of hydrogen-bond donors (Lipinski definition) is 1. The molecule has 0 bridgehead atoms. The predicted octanol–water partition coefficient (Wildman–Crippen LogP) is 6.65. The SMILES string of the molecule is CC1=C[C@@H]2N(c3ccccc31)[C@H](C(=O)c1cccs1)[C@H](C(=O)c1ccc(Cl)cc1)[C@]21C(=O)Nc2ccccc21. The predicted molar refractivity (Wildman–Crippen MR) is 155 cm³/mol. The zero-order valence-corrected chi connectivity index (χ0v) is 22.5. The molecule has 3 aliphatic heterocycles. The Morgan fingerprint density at radius 2 is 1.67 bits per heavy atom. The van der Waals surface area contributed by atoms with Crippen LogP contribution < -0.4 is 10.2 Å². The monoisotopic (exact) mass is 550 g/mol. The molecule has 39 heavy (non-hydrogen) atoms. The maximum Gasteiger partial charge on any atom is 0.238 e. The quantitative estimate of drug-likeness (QED) is 0.289. The highest BCUT2D eigenvalue weighted by Gasteiger charge is 2.70. The molecule has 192 valence electrons. The van der Waals surface area contributed by atoms with Gasteiger partial charge in [0.1, 0.15) is 11.5 Å². The van der Waals surface area contributed by atoms with Crippen LogP contribution in [0.3, 0.4) is 0 Å². The topological polar surface area (TPSA) is 66.5 Å². The smallest absolute Gasteiger partial charge is 0.238 e. The van der Waals surface area contributed by atoms with E-state index in [1.807, 2.05) is 71.8 Å². The van der Waals surface area contributed by atoms with Gasteiger partial charge in [0.15, 0.2) is 11.6 Å². The second-order valence-electron chi connectivity index (χ2n) is 10.2. The summed E-state index contributed by atoms with van der Waals surface area (Å²) in [5, 5.41) is 5.43. The first-order chi connectivity index (χ1) is 18.9. The molecule has 1 amide bonds. The lowest BCUT2D eigenvalue weighted by Gasteiger charge is -2.39. The van der Waals surface area contributed by atoms with E-state index in [1.165, 1.54) is 11.3 Å². The van der Waals surface area contributed by atoms with E-state index in [9.17, 15) is 14.4 Å². The number of nitrogens with zero attached hydrogens (tertiary/aromatic N) is 1. The standard InChI is InChI=1S/C32H23ClN2O3S/c1-18-17-26-32(22-8-3-4-9-23(22)34-31(32)38)27(29(36)19-12-14-20(33)15-13-19)28(30(37)25-11-6-16-39-25)35(26)24-10-5-2-7-21(18)24/h2-17,26-28H,1H3,(H,34,38)/t26-,27+,28-,32+/m0/s1. The van der Waals surface area contributed by atoms with Gasteiger partial charge in [0, 0.05) is 27.5 Å². The molecule has 1 saturated heterocycles. The molecule has 4 aromatic rings. The molecule has 4 atom stereocenters. The maximum absolute atomic E-state index is 14.7. The van der Waals surface area contributed by atoms with Gasteiger partial charge < -0.3 is 10.2 Å². The average molecular weight is 551 g/mol. The van der Waals surface area contributed by atoms with Crippen LogP contribution in [-0.2, 0) is 10.2 Å². The lowest BCUT2D eigenvalue weighted by atomic mass is 9.64. The van der Waals surface area contributed by atoms with Crippen molar-refractivity contribution in [3.05, 3.63) is 123 Å². The van der Waals surface area contributed by atoms with Crippen LogP contribution in [0, 0.1) is 5.92 Å². The van der Waals surface area contributed by atoms with Crippen LogP contribution in [0.25, 0.3) is 5.57 Å². The number of allylic oxidation sites excluding steroid dienone is 1. The van der Waals surface area contributed by atoms with Crippen molar-refractivity contribution < 1.29 is 14.4 Å². The van der Waals surface area contributed by atoms with Crippen LogP contribution in [0.1, 0.15) is 38.1 Å². The minimum atomic E-state index is -1.32. The Bertz CT molecular complexity index is 1690. The van der Waals surface area contributed by atoms with Gasteiger partial charge in [-0.05, 0) is 65.9 Å². The summed E-state index contributed by atoms with van der Waals surface area (Å²) < 4.78 is 0. The van der Waals surface area contributed by atoms with Gasteiger partial charge in [0.05, 0.1) is 16.8 Å². The number of para-hydroxylation sites is 2. The fourth-order valence-corrected chi connectivity index (χ4v) is 7.57. The Hall–Kier alpha value is -4.00. The molecule has 1 N–H and O–H groups in total. The molecule has 3 aromatic carbocycles. The Kier molecular flexibility index (Phi) is 5.41. The molecule has 3 aliphatic rings. The first kappa shape index (κ1) is 24.1. The number of halogens is 1. The summed E-state index contributed by atoms with van der Waals surface area (Å²) in [5.41, 5.74) is 3.34. The Morgan fingerprint density at radius 3 is 2.44 bits per heavy atom. The molecule has 1 fully saturated rings. The van der Waals surface area contributed by atoms with Gasteiger partial charge >= 0.3 is 0 Å². The minimum Gasteiger partial charge on any atom is -0.352 e. The molecule has 0 saturated carbocycles. The van der Waals surface area contributed by atoms with Crippen molar-refractivity contribution in [1.82, 2.24) is 0 Å². The van der Waals surface area contributed by atoms with E-state index in [0.717, 1.165) is 22.4 Å². The number of carbonyl (C=O) groups excluding carboxylic acids is 3. The number of amides is 1. The molecule has 7 rings (SSSR count). The molecular formula is C32H23ClN2O3S. The fourth-order valence-electron chi connectivity index (χ4n) is 6.75. The molecule has 1 aromatic heterocycles. The van der Waals surface area contributed by atoms with Crippen LogP contribution in [0.15, 0.2) is 96.4 Å². The third kappa shape index (κ3) is 3.28. The third-order valence-electron chi connectivity index (χ3n) is 8.33. The molecule has 0 aliphatic carbocycles. The zero-order chi connectivity index (χ0) is 26.9. The highest BCUT2D eigenvalue weighted by Crippen LogP contribution is 2.58. The summed E-state index contributed by atoms with van der Waals surface area (Å²) in [6, 6.07) is 24.3. The number of ketones is 2. The summed E-state index contributed by atoms with van der Waals surface area (Å²) in [6.07, 6.45) is 2.06. The van der Waals surface area contributed by atoms with Gasteiger partial charge in [-0.1, -0.05) is 60.1 Å². The highest BCUT2D eigenvalue weighted by molar-refractivity contribution is 7.12. The van der Waals surface area contributed by atoms with Gasteiger partial charge in [-0.2, -0.15) is 0 Å². The van der Waals surface area contributed by atoms with Crippen molar-refractivity contribution in [3.63, 3.8) is 0 Å². The number of carbonyl (C=O) groups is 3. The van der Waals surface area contributed by atoms with Crippen molar-refractivity contribution >= 4 is 57.4 Å².